The van der Waals surface area contributed by atoms with Crippen LogP contribution in [0, 0.1) is 18.3 Å². The van der Waals surface area contributed by atoms with Crippen molar-refractivity contribution < 1.29 is 14.3 Å². The van der Waals surface area contributed by atoms with Crippen molar-refractivity contribution in [1.29, 1.82) is 0 Å². The zero-order chi connectivity index (χ0) is 18.1. The number of oxazole rings is 1. The standard InChI is InChI=1S/C20H25N3O3/c1-15-21-18(11-26-15)19(25)23-8-7-17-10-22(12-20(17,13-23)14-24)9-16-5-3-2-4-6-16/h2-6,11,17,24H,7-10,12-14H2,1H3/t17-,20-/m0/s1. The second kappa shape index (κ2) is 6.85. The van der Waals surface area contributed by atoms with Gasteiger partial charge >= 0.3 is 0 Å². The fraction of sp³-hybridized carbons (Fsp3) is 0.500. The summed E-state index contributed by atoms with van der Waals surface area (Å²) in [5, 5.41) is 10.2. The number of aromatic nitrogens is 1. The number of aliphatic hydroxyl groups excluding tert-OH is 1. The van der Waals surface area contributed by atoms with Gasteiger partial charge in [0.1, 0.15) is 6.26 Å². The van der Waals surface area contributed by atoms with Gasteiger partial charge in [-0.05, 0) is 17.9 Å². The first kappa shape index (κ1) is 17.2. The van der Waals surface area contributed by atoms with Crippen LogP contribution < -0.4 is 0 Å². The number of aryl methyl sites for hydroxylation is 1. The van der Waals surface area contributed by atoms with Gasteiger partial charge in [0.05, 0.1) is 6.61 Å². The van der Waals surface area contributed by atoms with E-state index < -0.39 is 0 Å². The molecule has 3 heterocycles. The van der Waals surface area contributed by atoms with Gasteiger partial charge in [-0.2, -0.15) is 0 Å². The van der Waals surface area contributed by atoms with Crippen molar-refractivity contribution in [2.75, 3.05) is 32.8 Å². The van der Waals surface area contributed by atoms with Gasteiger partial charge < -0.3 is 14.4 Å². The van der Waals surface area contributed by atoms with Crippen LogP contribution in [0.3, 0.4) is 0 Å². The molecule has 2 aliphatic rings. The zero-order valence-corrected chi connectivity index (χ0v) is 15.1. The zero-order valence-electron chi connectivity index (χ0n) is 15.1. The molecular weight excluding hydrogens is 330 g/mol. The molecule has 0 saturated carbocycles. The van der Waals surface area contributed by atoms with Crippen LogP contribution in [-0.2, 0) is 6.54 Å². The largest absolute Gasteiger partial charge is 0.448 e. The highest BCUT2D eigenvalue weighted by molar-refractivity contribution is 5.92. The van der Waals surface area contributed by atoms with E-state index in [1.807, 2.05) is 11.0 Å². The Labute approximate surface area is 153 Å². The van der Waals surface area contributed by atoms with Gasteiger partial charge in [0, 0.05) is 45.1 Å². The van der Waals surface area contributed by atoms with Crippen molar-refractivity contribution in [3.63, 3.8) is 0 Å². The Balaban J connectivity index is 1.48. The third-order valence-electron chi connectivity index (χ3n) is 5.83. The van der Waals surface area contributed by atoms with Gasteiger partial charge in [0.25, 0.3) is 5.91 Å². The van der Waals surface area contributed by atoms with Gasteiger partial charge in [0.2, 0.25) is 0 Å². The summed E-state index contributed by atoms with van der Waals surface area (Å²) in [5.41, 5.74) is 1.39. The molecule has 2 aromatic rings. The number of rotatable bonds is 4. The van der Waals surface area contributed by atoms with Crippen LogP contribution in [0.2, 0.25) is 0 Å². The van der Waals surface area contributed by atoms with Crippen LogP contribution in [0.5, 0.6) is 0 Å². The SMILES string of the molecule is Cc1nc(C(=O)N2CC[C@H]3CN(Cc4ccccc4)C[C@@]3(CO)C2)co1. The summed E-state index contributed by atoms with van der Waals surface area (Å²) in [4.78, 5) is 21.1. The van der Waals surface area contributed by atoms with E-state index in [4.69, 9.17) is 4.42 Å². The molecule has 0 unspecified atom stereocenters. The van der Waals surface area contributed by atoms with E-state index in [9.17, 15) is 9.90 Å². The quantitative estimate of drug-likeness (QED) is 0.908. The van der Waals surface area contributed by atoms with Crippen molar-refractivity contribution >= 4 is 5.91 Å². The summed E-state index contributed by atoms with van der Waals surface area (Å²) in [7, 11) is 0. The molecule has 4 rings (SSSR count). The average molecular weight is 355 g/mol. The first-order valence-electron chi connectivity index (χ1n) is 9.18. The minimum absolute atomic E-state index is 0.102. The maximum Gasteiger partial charge on any atom is 0.275 e. The van der Waals surface area contributed by atoms with E-state index >= 15 is 0 Å². The van der Waals surface area contributed by atoms with E-state index in [-0.39, 0.29) is 17.9 Å². The Bertz CT molecular complexity index is 776. The Morgan fingerprint density at radius 1 is 1.35 bits per heavy atom. The summed E-state index contributed by atoms with van der Waals surface area (Å²) in [6.45, 7) is 5.78. The summed E-state index contributed by atoms with van der Waals surface area (Å²) < 4.78 is 5.18. The number of carbonyl (C=O) groups is 1. The Morgan fingerprint density at radius 2 is 2.15 bits per heavy atom. The summed E-state index contributed by atoms with van der Waals surface area (Å²) in [6.07, 6.45) is 2.33. The first-order valence-corrected chi connectivity index (χ1v) is 9.18. The smallest absolute Gasteiger partial charge is 0.275 e. The van der Waals surface area contributed by atoms with Crippen molar-refractivity contribution in [1.82, 2.24) is 14.8 Å². The number of fused-ring (bicyclic) bond motifs is 1. The lowest BCUT2D eigenvalue weighted by atomic mass is 9.74. The number of benzene rings is 1. The molecule has 0 bridgehead atoms. The van der Waals surface area contributed by atoms with E-state index in [1.54, 1.807) is 6.92 Å². The lowest BCUT2D eigenvalue weighted by molar-refractivity contribution is 0.0114. The lowest BCUT2D eigenvalue weighted by Crippen LogP contribution is -2.52. The van der Waals surface area contributed by atoms with Gasteiger partial charge in [-0.3, -0.25) is 9.69 Å². The average Bonchev–Trinajstić information content (AvgIpc) is 3.25. The molecule has 0 aliphatic carbocycles. The molecule has 2 atom stereocenters. The highest BCUT2D eigenvalue weighted by atomic mass is 16.3. The molecule has 2 saturated heterocycles. The van der Waals surface area contributed by atoms with Crippen molar-refractivity contribution in [3.05, 3.63) is 53.7 Å². The predicted molar refractivity (Wildman–Crippen MR) is 96.5 cm³/mol. The minimum atomic E-state index is -0.249. The summed E-state index contributed by atoms with van der Waals surface area (Å²) >= 11 is 0. The maximum atomic E-state index is 12.7. The molecule has 1 amide bonds. The minimum Gasteiger partial charge on any atom is -0.448 e. The van der Waals surface area contributed by atoms with Crippen LogP contribution in [-0.4, -0.2) is 58.6 Å². The third-order valence-corrected chi connectivity index (χ3v) is 5.83. The molecule has 1 N–H and O–H groups in total. The number of carbonyl (C=O) groups excluding carboxylic acids is 1. The third kappa shape index (κ3) is 3.15. The number of amides is 1. The molecule has 1 aromatic carbocycles. The number of nitrogens with zero attached hydrogens (tertiary/aromatic N) is 3. The fourth-order valence-electron chi connectivity index (χ4n) is 4.48. The number of hydrogen-bond donors (Lipinski definition) is 1. The molecule has 138 valence electrons. The number of piperidine rings is 1. The van der Waals surface area contributed by atoms with Gasteiger partial charge in [-0.15, -0.1) is 0 Å². The highest BCUT2D eigenvalue weighted by Gasteiger charge is 2.50. The Hall–Kier alpha value is -2.18. The Morgan fingerprint density at radius 3 is 2.85 bits per heavy atom. The molecule has 6 nitrogen and oxygen atoms in total. The number of hydrogen-bond acceptors (Lipinski definition) is 5. The second-order valence-corrected chi connectivity index (χ2v) is 7.64. The van der Waals surface area contributed by atoms with Gasteiger partial charge in [-0.25, -0.2) is 4.98 Å². The lowest BCUT2D eigenvalue weighted by Gasteiger charge is -2.43. The summed E-state index contributed by atoms with van der Waals surface area (Å²) in [6, 6.07) is 10.4. The van der Waals surface area contributed by atoms with Crippen LogP contribution in [0.15, 0.2) is 41.0 Å². The van der Waals surface area contributed by atoms with Crippen molar-refractivity contribution in [3.8, 4) is 0 Å². The fourth-order valence-corrected chi connectivity index (χ4v) is 4.48. The number of aliphatic hydroxyl groups is 1. The normalized spacial score (nSPS) is 26.1. The van der Waals surface area contributed by atoms with E-state index in [1.165, 1.54) is 11.8 Å². The number of likely N-dealkylation sites (tertiary alicyclic amines) is 2. The van der Waals surface area contributed by atoms with Gasteiger partial charge in [-0.1, -0.05) is 30.3 Å². The summed E-state index contributed by atoms with van der Waals surface area (Å²) in [5.74, 6) is 0.809. The molecule has 2 aliphatic heterocycles. The predicted octanol–water partition coefficient (Wildman–Crippen LogP) is 1.94. The molecule has 6 heteroatoms. The topological polar surface area (TPSA) is 69.8 Å². The first-order chi connectivity index (χ1) is 12.6. The van der Waals surface area contributed by atoms with Crippen LogP contribution >= 0.6 is 0 Å². The molecule has 1 aromatic heterocycles. The molecule has 0 spiro atoms. The molecular formula is C20H25N3O3. The second-order valence-electron chi connectivity index (χ2n) is 7.64. The van der Waals surface area contributed by atoms with E-state index in [2.05, 4.69) is 34.1 Å². The van der Waals surface area contributed by atoms with Crippen LogP contribution in [0.4, 0.5) is 0 Å². The highest BCUT2D eigenvalue weighted by Crippen LogP contribution is 2.42. The molecule has 26 heavy (non-hydrogen) atoms. The van der Waals surface area contributed by atoms with Crippen LogP contribution in [0.25, 0.3) is 0 Å². The molecule has 0 radical (unpaired) electrons. The van der Waals surface area contributed by atoms with Gasteiger partial charge in [0.15, 0.2) is 11.6 Å². The Kier molecular flexibility index (Phi) is 4.54. The molecule has 2 fully saturated rings. The van der Waals surface area contributed by atoms with E-state index in [0.717, 1.165) is 26.1 Å². The monoisotopic (exact) mass is 355 g/mol. The van der Waals surface area contributed by atoms with Crippen molar-refractivity contribution in [2.24, 2.45) is 11.3 Å². The van der Waals surface area contributed by atoms with Crippen LogP contribution in [0.1, 0.15) is 28.4 Å². The van der Waals surface area contributed by atoms with Crippen molar-refractivity contribution in [2.45, 2.75) is 19.9 Å². The maximum absolute atomic E-state index is 12.7. The van der Waals surface area contributed by atoms with E-state index in [0.29, 0.717) is 30.6 Å².